The maximum absolute atomic E-state index is 12.0. The molecule has 0 spiro atoms. The van der Waals surface area contributed by atoms with Gasteiger partial charge >= 0.3 is 0 Å². The summed E-state index contributed by atoms with van der Waals surface area (Å²) in [5.41, 5.74) is 0.637. The maximum Gasteiger partial charge on any atom is 0.154 e. The zero-order chi connectivity index (χ0) is 13.3. The third kappa shape index (κ3) is 2.96. The van der Waals surface area contributed by atoms with Gasteiger partial charge in [-0.3, -0.25) is 0 Å². The largest absolute Gasteiger partial charge is 0.228 e. The van der Waals surface area contributed by atoms with Crippen molar-refractivity contribution in [1.82, 2.24) is 0 Å². The molecule has 0 radical (unpaired) electrons. The van der Waals surface area contributed by atoms with Crippen molar-refractivity contribution in [3.63, 3.8) is 0 Å². The van der Waals surface area contributed by atoms with Crippen LogP contribution < -0.4 is 0 Å². The fourth-order valence-electron chi connectivity index (χ4n) is 2.23. The molecule has 0 bridgehead atoms. The highest BCUT2D eigenvalue weighted by Crippen LogP contribution is 2.38. The standard InChI is InChI=1S/C12H13Cl3O2S/c13-8-4-5-9(10(14)7-8)12(15)11-3-1-2-6-18(11,16)17/h4-5,7,11-12H,1-3,6H2. The second-order valence-corrected chi connectivity index (χ2v) is 8.12. The summed E-state index contributed by atoms with van der Waals surface area (Å²) in [6.07, 6.45) is 2.20. The van der Waals surface area contributed by atoms with Crippen LogP contribution in [0.1, 0.15) is 30.2 Å². The van der Waals surface area contributed by atoms with Crippen molar-refractivity contribution in [3.8, 4) is 0 Å². The van der Waals surface area contributed by atoms with Gasteiger partial charge in [0.05, 0.1) is 16.4 Å². The molecule has 1 fully saturated rings. The van der Waals surface area contributed by atoms with Gasteiger partial charge in [0.1, 0.15) is 0 Å². The normalized spacial score (nSPS) is 24.7. The maximum atomic E-state index is 12.0. The fraction of sp³-hybridized carbons (Fsp3) is 0.500. The van der Waals surface area contributed by atoms with E-state index in [9.17, 15) is 8.42 Å². The van der Waals surface area contributed by atoms with E-state index >= 15 is 0 Å². The third-order valence-electron chi connectivity index (χ3n) is 3.21. The van der Waals surface area contributed by atoms with Crippen LogP contribution >= 0.6 is 34.8 Å². The number of sulfone groups is 1. The van der Waals surface area contributed by atoms with Crippen molar-refractivity contribution in [1.29, 1.82) is 0 Å². The van der Waals surface area contributed by atoms with Gasteiger partial charge in [-0.25, -0.2) is 8.42 Å². The van der Waals surface area contributed by atoms with E-state index in [1.54, 1.807) is 18.2 Å². The van der Waals surface area contributed by atoms with Gasteiger partial charge in [-0.2, -0.15) is 0 Å². The van der Waals surface area contributed by atoms with Gasteiger partial charge in [-0.05, 0) is 30.5 Å². The number of halogens is 3. The summed E-state index contributed by atoms with van der Waals surface area (Å²) >= 11 is 18.2. The smallest absolute Gasteiger partial charge is 0.154 e. The molecule has 0 saturated carbocycles. The molecule has 2 nitrogen and oxygen atoms in total. The molecule has 0 amide bonds. The Morgan fingerprint density at radius 1 is 1.22 bits per heavy atom. The fourth-order valence-corrected chi connectivity index (χ4v) is 5.55. The van der Waals surface area contributed by atoms with Crippen molar-refractivity contribution in [2.45, 2.75) is 29.9 Å². The molecule has 2 unspecified atom stereocenters. The summed E-state index contributed by atoms with van der Waals surface area (Å²) in [5, 5.41) is -0.228. The number of hydrogen-bond donors (Lipinski definition) is 0. The van der Waals surface area contributed by atoms with E-state index in [2.05, 4.69) is 0 Å². The first-order chi connectivity index (χ1) is 8.42. The molecule has 2 rings (SSSR count). The summed E-state index contributed by atoms with van der Waals surface area (Å²) in [6.45, 7) is 0. The van der Waals surface area contributed by atoms with E-state index in [0.29, 0.717) is 22.0 Å². The first-order valence-corrected chi connectivity index (χ1v) is 8.63. The van der Waals surface area contributed by atoms with Crippen LogP contribution in [-0.2, 0) is 9.84 Å². The topological polar surface area (TPSA) is 34.1 Å². The molecule has 0 aliphatic carbocycles. The molecule has 18 heavy (non-hydrogen) atoms. The molecule has 1 aliphatic rings. The highest BCUT2D eigenvalue weighted by Gasteiger charge is 2.36. The Morgan fingerprint density at radius 3 is 2.56 bits per heavy atom. The van der Waals surface area contributed by atoms with Gasteiger partial charge in [0.15, 0.2) is 9.84 Å². The van der Waals surface area contributed by atoms with Gasteiger partial charge in [-0.1, -0.05) is 35.7 Å². The Morgan fingerprint density at radius 2 is 1.94 bits per heavy atom. The second-order valence-electron chi connectivity index (χ2n) is 4.47. The van der Waals surface area contributed by atoms with Crippen LogP contribution in [0.25, 0.3) is 0 Å². The van der Waals surface area contributed by atoms with Crippen LogP contribution in [0.2, 0.25) is 10.0 Å². The molecule has 2 atom stereocenters. The summed E-state index contributed by atoms with van der Waals surface area (Å²) in [4.78, 5) is 0. The Kier molecular flexibility index (Phi) is 4.48. The Labute approximate surface area is 122 Å². The predicted octanol–water partition coefficient (Wildman–Crippen LogP) is 4.24. The highest BCUT2D eigenvalue weighted by atomic mass is 35.5. The lowest BCUT2D eigenvalue weighted by Gasteiger charge is -2.27. The number of hydrogen-bond acceptors (Lipinski definition) is 2. The molecule has 0 aromatic heterocycles. The molecular formula is C12H13Cl3O2S. The number of rotatable bonds is 2. The Hall–Kier alpha value is 0.0400. The van der Waals surface area contributed by atoms with Gasteiger partial charge < -0.3 is 0 Å². The number of alkyl halides is 1. The van der Waals surface area contributed by atoms with Crippen molar-refractivity contribution in [2.75, 3.05) is 5.75 Å². The zero-order valence-corrected chi connectivity index (χ0v) is 12.7. The Balaban J connectivity index is 2.33. The van der Waals surface area contributed by atoms with Crippen molar-refractivity contribution >= 4 is 44.6 Å². The molecular weight excluding hydrogens is 315 g/mol. The van der Waals surface area contributed by atoms with E-state index in [4.69, 9.17) is 34.8 Å². The summed E-state index contributed by atoms with van der Waals surface area (Å²) in [5.74, 6) is 0.214. The monoisotopic (exact) mass is 326 g/mol. The first-order valence-electron chi connectivity index (χ1n) is 5.72. The van der Waals surface area contributed by atoms with Crippen LogP contribution in [0.4, 0.5) is 0 Å². The van der Waals surface area contributed by atoms with Crippen LogP contribution in [-0.4, -0.2) is 19.4 Å². The van der Waals surface area contributed by atoms with Crippen LogP contribution in [0.3, 0.4) is 0 Å². The van der Waals surface area contributed by atoms with Gasteiger partial charge in [0.25, 0.3) is 0 Å². The van der Waals surface area contributed by atoms with Gasteiger partial charge in [0, 0.05) is 10.0 Å². The minimum Gasteiger partial charge on any atom is -0.228 e. The van der Waals surface area contributed by atoms with E-state index in [-0.39, 0.29) is 5.75 Å². The average Bonchev–Trinajstić information content (AvgIpc) is 2.27. The molecule has 1 saturated heterocycles. The second kappa shape index (κ2) is 5.58. The Bertz CT molecular complexity index is 542. The molecule has 1 aromatic carbocycles. The predicted molar refractivity (Wildman–Crippen MR) is 76.5 cm³/mol. The van der Waals surface area contributed by atoms with Crippen LogP contribution in [0.5, 0.6) is 0 Å². The SMILES string of the molecule is O=S1(=O)CCCCC1C(Cl)c1ccc(Cl)cc1Cl. The van der Waals surface area contributed by atoms with Crippen molar-refractivity contribution in [3.05, 3.63) is 33.8 Å². The summed E-state index contributed by atoms with van der Waals surface area (Å²) < 4.78 is 24.0. The molecule has 1 aliphatic heterocycles. The van der Waals surface area contributed by atoms with E-state index in [1.165, 1.54) is 0 Å². The summed E-state index contributed by atoms with van der Waals surface area (Å²) in [6, 6.07) is 4.96. The molecule has 100 valence electrons. The molecule has 0 N–H and O–H groups in total. The third-order valence-corrected chi connectivity index (χ3v) is 6.75. The first kappa shape index (κ1) is 14.4. The van der Waals surface area contributed by atoms with Gasteiger partial charge in [0.2, 0.25) is 0 Å². The van der Waals surface area contributed by atoms with Crippen LogP contribution in [0.15, 0.2) is 18.2 Å². The minimum atomic E-state index is -3.12. The zero-order valence-electron chi connectivity index (χ0n) is 9.57. The van der Waals surface area contributed by atoms with E-state index in [0.717, 1.165) is 12.8 Å². The molecule has 1 heterocycles. The van der Waals surface area contributed by atoms with Crippen molar-refractivity contribution in [2.24, 2.45) is 0 Å². The summed E-state index contributed by atoms with van der Waals surface area (Å²) in [7, 11) is -3.12. The number of benzene rings is 1. The van der Waals surface area contributed by atoms with Crippen LogP contribution in [0, 0.1) is 0 Å². The molecule has 6 heteroatoms. The minimum absolute atomic E-state index is 0.214. The highest BCUT2D eigenvalue weighted by molar-refractivity contribution is 7.92. The van der Waals surface area contributed by atoms with E-state index < -0.39 is 20.5 Å². The lowest BCUT2D eigenvalue weighted by molar-refractivity contribution is 0.534. The lowest BCUT2D eigenvalue weighted by atomic mass is 10.0. The van der Waals surface area contributed by atoms with Crippen molar-refractivity contribution < 1.29 is 8.42 Å². The molecule has 1 aromatic rings. The van der Waals surface area contributed by atoms with Gasteiger partial charge in [-0.15, -0.1) is 11.6 Å². The average molecular weight is 328 g/mol. The van der Waals surface area contributed by atoms with E-state index in [1.807, 2.05) is 0 Å². The quantitative estimate of drug-likeness (QED) is 0.761. The lowest BCUT2D eigenvalue weighted by Crippen LogP contribution is -2.32.